The first kappa shape index (κ1) is 20.0. The molecule has 0 radical (unpaired) electrons. The number of methoxy groups -OCH3 is 1. The highest BCUT2D eigenvalue weighted by molar-refractivity contribution is 5.76. The van der Waals surface area contributed by atoms with Crippen molar-refractivity contribution in [2.45, 2.75) is 25.3 Å². The van der Waals surface area contributed by atoms with Gasteiger partial charge in [0.2, 0.25) is 5.91 Å². The number of rotatable bonds is 6. The summed E-state index contributed by atoms with van der Waals surface area (Å²) < 4.78 is 5.47. The lowest BCUT2D eigenvalue weighted by Crippen LogP contribution is -2.49. The number of hydrogen-bond donors (Lipinski definition) is 0. The van der Waals surface area contributed by atoms with Gasteiger partial charge in [-0.2, -0.15) is 0 Å². The van der Waals surface area contributed by atoms with Crippen LogP contribution in [0.4, 0.5) is 5.69 Å². The van der Waals surface area contributed by atoms with Crippen molar-refractivity contribution in [1.29, 1.82) is 0 Å². The van der Waals surface area contributed by atoms with Gasteiger partial charge in [-0.1, -0.05) is 12.1 Å². The Bertz CT molecular complexity index is 608. The van der Waals surface area contributed by atoms with Crippen LogP contribution in [-0.4, -0.2) is 93.7 Å². The van der Waals surface area contributed by atoms with Crippen LogP contribution in [0.3, 0.4) is 0 Å². The first-order valence-corrected chi connectivity index (χ1v) is 10.1. The molecule has 6 heteroatoms. The van der Waals surface area contributed by atoms with Crippen LogP contribution in [0.25, 0.3) is 0 Å². The normalized spacial score (nSPS) is 19.6. The fourth-order valence-electron chi connectivity index (χ4n) is 4.14. The summed E-state index contributed by atoms with van der Waals surface area (Å²) in [5.74, 6) is 1.19. The van der Waals surface area contributed by atoms with E-state index in [1.807, 2.05) is 23.1 Å². The van der Waals surface area contributed by atoms with Crippen molar-refractivity contribution < 1.29 is 9.53 Å². The number of benzene rings is 1. The number of anilines is 1. The number of amides is 1. The summed E-state index contributed by atoms with van der Waals surface area (Å²) >= 11 is 0. The summed E-state index contributed by atoms with van der Waals surface area (Å²) in [6, 6.07) is 8.73. The highest BCUT2D eigenvalue weighted by Crippen LogP contribution is 2.28. The van der Waals surface area contributed by atoms with Crippen LogP contribution in [0.2, 0.25) is 0 Å². The zero-order valence-electron chi connectivity index (χ0n) is 17.1. The minimum Gasteiger partial charge on any atom is -0.495 e. The van der Waals surface area contributed by atoms with E-state index >= 15 is 0 Å². The lowest BCUT2D eigenvalue weighted by atomic mass is 10.0. The number of hydrogen-bond acceptors (Lipinski definition) is 5. The van der Waals surface area contributed by atoms with Crippen molar-refractivity contribution >= 4 is 11.6 Å². The molecule has 0 aromatic heterocycles. The summed E-state index contributed by atoms with van der Waals surface area (Å²) in [4.78, 5) is 21.8. The highest BCUT2D eigenvalue weighted by Gasteiger charge is 2.24. The van der Waals surface area contributed by atoms with Gasteiger partial charge < -0.3 is 24.3 Å². The van der Waals surface area contributed by atoms with Gasteiger partial charge in [0, 0.05) is 45.2 Å². The number of nitrogens with zero attached hydrogens (tertiary/aromatic N) is 4. The van der Waals surface area contributed by atoms with Gasteiger partial charge in [0.25, 0.3) is 0 Å². The summed E-state index contributed by atoms with van der Waals surface area (Å²) in [5.41, 5.74) is 1.12. The minimum atomic E-state index is 0.287. The number of ether oxygens (including phenoxy) is 1. The molecule has 0 aliphatic carbocycles. The molecule has 0 N–H and O–H groups in total. The van der Waals surface area contributed by atoms with Gasteiger partial charge in [-0.15, -0.1) is 0 Å². The molecule has 2 heterocycles. The molecule has 2 aliphatic heterocycles. The van der Waals surface area contributed by atoms with Crippen molar-refractivity contribution in [3.05, 3.63) is 24.3 Å². The Morgan fingerprint density at radius 2 is 1.78 bits per heavy atom. The third-order valence-electron chi connectivity index (χ3n) is 6.05. The SMILES string of the molecule is COc1ccccc1N1CCN(C(=O)CCN(C)C2CCN(C)CC2)CC1. The van der Waals surface area contributed by atoms with Gasteiger partial charge in [0.05, 0.1) is 12.8 Å². The van der Waals surface area contributed by atoms with Crippen molar-refractivity contribution in [1.82, 2.24) is 14.7 Å². The number of piperidine rings is 1. The van der Waals surface area contributed by atoms with Crippen LogP contribution in [-0.2, 0) is 4.79 Å². The first-order chi connectivity index (χ1) is 13.1. The third kappa shape index (κ3) is 5.14. The molecular weight excluding hydrogens is 340 g/mol. The van der Waals surface area contributed by atoms with Crippen LogP contribution in [0.1, 0.15) is 19.3 Å². The summed E-state index contributed by atoms with van der Waals surface area (Å²) in [7, 11) is 6.06. The van der Waals surface area contributed by atoms with E-state index in [-0.39, 0.29) is 5.91 Å². The fourth-order valence-corrected chi connectivity index (χ4v) is 4.14. The number of para-hydroxylation sites is 2. The van der Waals surface area contributed by atoms with E-state index in [4.69, 9.17) is 4.74 Å². The second-order valence-electron chi connectivity index (χ2n) is 7.80. The Balaban J connectivity index is 1.43. The van der Waals surface area contributed by atoms with Crippen LogP contribution < -0.4 is 9.64 Å². The molecule has 0 unspecified atom stereocenters. The van der Waals surface area contributed by atoms with Crippen LogP contribution in [0.15, 0.2) is 24.3 Å². The first-order valence-electron chi connectivity index (χ1n) is 10.1. The third-order valence-corrected chi connectivity index (χ3v) is 6.05. The minimum absolute atomic E-state index is 0.287. The van der Waals surface area contributed by atoms with Crippen molar-refractivity contribution in [2.24, 2.45) is 0 Å². The maximum atomic E-state index is 12.7. The smallest absolute Gasteiger partial charge is 0.223 e. The second-order valence-corrected chi connectivity index (χ2v) is 7.80. The van der Waals surface area contributed by atoms with Gasteiger partial charge in [0.1, 0.15) is 5.75 Å². The van der Waals surface area contributed by atoms with Crippen molar-refractivity contribution in [3.8, 4) is 5.75 Å². The summed E-state index contributed by atoms with van der Waals surface area (Å²) in [6.45, 7) is 6.47. The summed E-state index contributed by atoms with van der Waals surface area (Å²) in [5, 5.41) is 0. The molecule has 27 heavy (non-hydrogen) atoms. The maximum absolute atomic E-state index is 12.7. The fraction of sp³-hybridized carbons (Fsp3) is 0.667. The molecule has 2 aliphatic rings. The Labute approximate surface area is 163 Å². The average Bonchev–Trinajstić information content (AvgIpc) is 2.72. The van der Waals surface area contributed by atoms with Crippen molar-refractivity contribution in [3.63, 3.8) is 0 Å². The molecule has 6 nitrogen and oxygen atoms in total. The monoisotopic (exact) mass is 374 g/mol. The Morgan fingerprint density at radius 3 is 2.44 bits per heavy atom. The van der Waals surface area contributed by atoms with E-state index < -0.39 is 0 Å². The number of carbonyl (C=O) groups is 1. The summed E-state index contributed by atoms with van der Waals surface area (Å²) in [6.07, 6.45) is 3.04. The standard InChI is InChI=1S/C21H34N4O2/c1-22-11-8-18(9-12-22)23(2)13-10-21(26)25-16-14-24(15-17-25)19-6-4-5-7-20(19)27-3/h4-7,18H,8-17H2,1-3H3. The molecule has 150 valence electrons. The van der Waals surface area contributed by atoms with Gasteiger partial charge in [-0.05, 0) is 52.2 Å². The van der Waals surface area contributed by atoms with Crippen LogP contribution >= 0.6 is 0 Å². The highest BCUT2D eigenvalue weighted by atomic mass is 16.5. The topological polar surface area (TPSA) is 39.3 Å². The molecule has 1 aromatic carbocycles. The second kappa shape index (κ2) is 9.42. The molecule has 0 atom stereocenters. The Morgan fingerprint density at radius 1 is 1.11 bits per heavy atom. The largest absolute Gasteiger partial charge is 0.495 e. The Kier molecular flexibility index (Phi) is 6.96. The van der Waals surface area contributed by atoms with Crippen LogP contribution in [0.5, 0.6) is 5.75 Å². The van der Waals surface area contributed by atoms with E-state index in [1.165, 1.54) is 12.8 Å². The number of carbonyl (C=O) groups excluding carboxylic acids is 1. The number of piperazine rings is 1. The molecule has 1 amide bonds. The molecule has 0 spiro atoms. The lowest BCUT2D eigenvalue weighted by molar-refractivity contribution is -0.131. The van der Waals surface area contributed by atoms with E-state index in [9.17, 15) is 4.79 Å². The molecule has 2 saturated heterocycles. The van der Waals surface area contributed by atoms with Gasteiger partial charge in [0.15, 0.2) is 0 Å². The van der Waals surface area contributed by atoms with E-state index in [0.717, 1.165) is 57.3 Å². The average molecular weight is 375 g/mol. The molecule has 0 bridgehead atoms. The van der Waals surface area contributed by atoms with Gasteiger partial charge >= 0.3 is 0 Å². The quantitative estimate of drug-likeness (QED) is 0.759. The molecule has 2 fully saturated rings. The lowest BCUT2D eigenvalue weighted by Gasteiger charge is -2.37. The zero-order chi connectivity index (χ0) is 19.2. The molecule has 3 rings (SSSR count). The number of likely N-dealkylation sites (tertiary alicyclic amines) is 1. The molecular formula is C21H34N4O2. The van der Waals surface area contributed by atoms with Crippen LogP contribution in [0, 0.1) is 0 Å². The van der Waals surface area contributed by atoms with E-state index in [1.54, 1.807) is 7.11 Å². The Hall–Kier alpha value is -1.79. The van der Waals surface area contributed by atoms with E-state index in [0.29, 0.717) is 12.5 Å². The zero-order valence-corrected chi connectivity index (χ0v) is 17.1. The predicted molar refractivity (Wildman–Crippen MR) is 110 cm³/mol. The molecule has 1 aromatic rings. The van der Waals surface area contributed by atoms with E-state index in [2.05, 4.69) is 34.9 Å². The van der Waals surface area contributed by atoms with Crippen molar-refractivity contribution in [2.75, 3.05) is 71.9 Å². The molecule has 0 saturated carbocycles. The van der Waals surface area contributed by atoms with Gasteiger partial charge in [-0.25, -0.2) is 0 Å². The van der Waals surface area contributed by atoms with Gasteiger partial charge in [-0.3, -0.25) is 4.79 Å². The maximum Gasteiger partial charge on any atom is 0.223 e. The predicted octanol–water partition coefficient (Wildman–Crippen LogP) is 1.76.